The minimum atomic E-state index is -2.76. The second-order valence-electron chi connectivity index (χ2n) is 4.51. The van der Waals surface area contributed by atoms with Crippen molar-refractivity contribution in [1.82, 2.24) is 28.8 Å². The zero-order valence-corrected chi connectivity index (χ0v) is 13.2. The fourth-order valence-electron chi connectivity index (χ4n) is 1.91. The first-order valence-electron chi connectivity index (χ1n) is 6.37. The number of nitrogen functional groups attached to an aromatic ring is 1. The molecule has 22 heavy (non-hydrogen) atoms. The lowest BCUT2D eigenvalue weighted by Gasteiger charge is -2.16. The quantitative estimate of drug-likeness (QED) is 0.490. The Balaban J connectivity index is 1.59. The molecular weight excluding hydrogens is 325 g/mol. The highest BCUT2D eigenvalue weighted by atomic mass is 32.4. The van der Waals surface area contributed by atoms with Gasteiger partial charge in [0.25, 0.3) is 0 Å². The average molecular weight is 339 g/mol. The standard InChI is InChI=1S/C11H14N7O2PS/c12-10-9-11(15-5-14-10)17(7-16-9)3-4-20-8-21(19,22)18-2-1-13-6-18/h1-2,5-7H,3-4,8H2,(H,19,22)(H2,12,14,15). The first-order chi connectivity index (χ1) is 10.6. The molecule has 0 fully saturated rings. The van der Waals surface area contributed by atoms with Crippen LogP contribution in [0.3, 0.4) is 0 Å². The van der Waals surface area contributed by atoms with Crippen LogP contribution in [0.4, 0.5) is 5.82 Å². The Hall–Kier alpha value is -1.87. The molecule has 0 amide bonds. The second-order valence-corrected chi connectivity index (χ2v) is 8.32. The number of imidazole rings is 2. The van der Waals surface area contributed by atoms with Crippen LogP contribution in [0.5, 0.6) is 0 Å². The Bertz CT molecular complexity index is 819. The molecule has 3 heterocycles. The van der Waals surface area contributed by atoms with Crippen molar-refractivity contribution >= 4 is 35.2 Å². The summed E-state index contributed by atoms with van der Waals surface area (Å²) in [5.74, 6) is 0.343. The van der Waals surface area contributed by atoms with Crippen molar-refractivity contribution in [3.8, 4) is 0 Å². The lowest BCUT2D eigenvalue weighted by atomic mass is 10.5. The SMILES string of the molecule is Nc1ncnc2c1ncn2CCOCP(O)(=S)n1ccnc1. The summed E-state index contributed by atoms with van der Waals surface area (Å²) in [5, 5.41) is 0. The molecule has 0 radical (unpaired) electrons. The lowest BCUT2D eigenvalue weighted by Crippen LogP contribution is -2.08. The topological polar surface area (TPSA) is 117 Å². The van der Waals surface area contributed by atoms with Gasteiger partial charge in [0.1, 0.15) is 24.5 Å². The van der Waals surface area contributed by atoms with E-state index in [2.05, 4.69) is 19.9 Å². The molecule has 1 atom stereocenters. The first-order valence-corrected chi connectivity index (χ1v) is 9.27. The van der Waals surface area contributed by atoms with Gasteiger partial charge < -0.3 is 19.9 Å². The third-order valence-corrected chi connectivity index (χ3v) is 5.38. The third-order valence-electron chi connectivity index (χ3n) is 3.02. The van der Waals surface area contributed by atoms with Gasteiger partial charge >= 0.3 is 0 Å². The van der Waals surface area contributed by atoms with Crippen molar-refractivity contribution in [1.29, 1.82) is 0 Å². The van der Waals surface area contributed by atoms with Crippen LogP contribution in [0.25, 0.3) is 11.2 Å². The van der Waals surface area contributed by atoms with Crippen LogP contribution in [0.1, 0.15) is 0 Å². The Morgan fingerprint density at radius 2 is 2.18 bits per heavy atom. The number of nitrogens with zero attached hydrogens (tertiary/aromatic N) is 6. The van der Waals surface area contributed by atoms with Crippen molar-refractivity contribution in [2.75, 3.05) is 18.7 Å². The van der Waals surface area contributed by atoms with E-state index in [1.54, 1.807) is 18.7 Å². The number of hydrogen-bond acceptors (Lipinski definition) is 7. The molecule has 0 saturated carbocycles. The highest BCUT2D eigenvalue weighted by Gasteiger charge is 2.15. The van der Waals surface area contributed by atoms with E-state index in [-0.39, 0.29) is 6.35 Å². The zero-order valence-electron chi connectivity index (χ0n) is 11.5. The molecule has 0 aliphatic rings. The first kappa shape index (κ1) is 15.0. The summed E-state index contributed by atoms with van der Waals surface area (Å²) in [6.07, 6.45) is 5.02. The van der Waals surface area contributed by atoms with Gasteiger partial charge in [-0.3, -0.25) is 4.34 Å². The molecule has 0 saturated heterocycles. The summed E-state index contributed by atoms with van der Waals surface area (Å²) >= 11 is 5.18. The van der Waals surface area contributed by atoms with E-state index >= 15 is 0 Å². The third kappa shape index (κ3) is 3.00. The van der Waals surface area contributed by atoms with Gasteiger partial charge in [0.05, 0.1) is 12.9 Å². The minimum absolute atomic E-state index is 0.0719. The van der Waals surface area contributed by atoms with Crippen LogP contribution in [-0.2, 0) is 23.1 Å². The summed E-state index contributed by atoms with van der Waals surface area (Å²) in [6, 6.07) is 0. The van der Waals surface area contributed by atoms with Gasteiger partial charge in [0, 0.05) is 18.9 Å². The van der Waals surface area contributed by atoms with E-state index in [1.165, 1.54) is 17.0 Å². The number of aromatic nitrogens is 6. The van der Waals surface area contributed by atoms with Gasteiger partial charge in [-0.2, -0.15) is 0 Å². The Kier molecular flexibility index (Phi) is 4.16. The van der Waals surface area contributed by atoms with Gasteiger partial charge in [-0.15, -0.1) is 0 Å². The number of anilines is 1. The predicted molar refractivity (Wildman–Crippen MR) is 84.7 cm³/mol. The maximum atomic E-state index is 10.2. The summed E-state index contributed by atoms with van der Waals surface area (Å²) in [7, 11) is 0. The van der Waals surface area contributed by atoms with Crippen molar-refractivity contribution in [3.63, 3.8) is 0 Å². The van der Waals surface area contributed by atoms with Crippen molar-refractivity contribution < 1.29 is 9.63 Å². The Morgan fingerprint density at radius 1 is 1.32 bits per heavy atom. The molecule has 0 spiro atoms. The highest BCUT2D eigenvalue weighted by Crippen LogP contribution is 2.41. The Morgan fingerprint density at radius 3 is 2.95 bits per heavy atom. The molecular formula is C11H14N7O2PS. The van der Waals surface area contributed by atoms with Crippen LogP contribution in [-0.4, -0.2) is 46.7 Å². The van der Waals surface area contributed by atoms with Crippen LogP contribution in [0.15, 0.2) is 31.4 Å². The average Bonchev–Trinajstić information content (AvgIpc) is 3.14. The van der Waals surface area contributed by atoms with Gasteiger partial charge in [-0.1, -0.05) is 0 Å². The van der Waals surface area contributed by atoms with Crippen LogP contribution < -0.4 is 5.73 Å². The monoisotopic (exact) mass is 339 g/mol. The normalized spacial score (nSPS) is 14.2. The van der Waals surface area contributed by atoms with E-state index in [0.29, 0.717) is 30.1 Å². The minimum Gasteiger partial charge on any atom is -0.382 e. The molecule has 116 valence electrons. The van der Waals surface area contributed by atoms with Crippen LogP contribution in [0, 0.1) is 0 Å². The van der Waals surface area contributed by atoms with E-state index < -0.39 is 6.42 Å². The van der Waals surface area contributed by atoms with E-state index in [9.17, 15) is 4.89 Å². The summed E-state index contributed by atoms with van der Waals surface area (Å²) in [5.41, 5.74) is 6.94. The molecule has 3 aromatic rings. The second kappa shape index (κ2) is 6.09. The molecule has 3 N–H and O–H groups in total. The predicted octanol–water partition coefficient (Wildman–Crippen LogP) is 0.429. The number of fused-ring (bicyclic) bond motifs is 1. The maximum Gasteiger partial charge on any atom is 0.183 e. The maximum absolute atomic E-state index is 10.2. The number of hydrogen-bond donors (Lipinski definition) is 2. The summed E-state index contributed by atoms with van der Waals surface area (Å²) in [4.78, 5) is 26.3. The van der Waals surface area contributed by atoms with Crippen LogP contribution in [0.2, 0.25) is 0 Å². The van der Waals surface area contributed by atoms with Crippen molar-refractivity contribution in [2.24, 2.45) is 0 Å². The molecule has 0 bridgehead atoms. The fraction of sp³-hybridized carbons (Fsp3) is 0.273. The van der Waals surface area contributed by atoms with Gasteiger partial charge in [-0.25, -0.2) is 19.9 Å². The highest BCUT2D eigenvalue weighted by molar-refractivity contribution is 8.10. The van der Waals surface area contributed by atoms with E-state index in [0.717, 1.165) is 0 Å². The van der Waals surface area contributed by atoms with E-state index in [4.69, 9.17) is 22.3 Å². The molecule has 0 aromatic carbocycles. The molecule has 0 aliphatic carbocycles. The number of ether oxygens (including phenoxy) is 1. The van der Waals surface area contributed by atoms with Gasteiger partial charge in [-0.05, 0) is 11.8 Å². The number of nitrogens with two attached hydrogens (primary N) is 1. The smallest absolute Gasteiger partial charge is 0.183 e. The lowest BCUT2D eigenvalue weighted by molar-refractivity contribution is 0.164. The zero-order chi connectivity index (χ0) is 15.6. The molecule has 0 aliphatic heterocycles. The van der Waals surface area contributed by atoms with Crippen molar-refractivity contribution in [3.05, 3.63) is 31.4 Å². The molecule has 1 unspecified atom stereocenters. The fourth-order valence-corrected chi connectivity index (χ4v) is 3.42. The van der Waals surface area contributed by atoms with Gasteiger partial charge in [0.2, 0.25) is 0 Å². The molecule has 9 nitrogen and oxygen atoms in total. The number of rotatable bonds is 6. The van der Waals surface area contributed by atoms with E-state index in [1.807, 2.05) is 4.57 Å². The van der Waals surface area contributed by atoms with Crippen LogP contribution >= 0.6 is 6.42 Å². The molecule has 11 heteroatoms. The van der Waals surface area contributed by atoms with Gasteiger partial charge in [0.15, 0.2) is 17.9 Å². The summed E-state index contributed by atoms with van der Waals surface area (Å²) < 4.78 is 8.83. The molecule has 3 rings (SSSR count). The summed E-state index contributed by atoms with van der Waals surface area (Å²) in [6.45, 7) is 0.884. The van der Waals surface area contributed by atoms with Crippen molar-refractivity contribution in [2.45, 2.75) is 6.54 Å². The molecule has 3 aromatic heterocycles. The largest absolute Gasteiger partial charge is 0.382 e. The Labute approximate surface area is 130 Å².